The number of nitrogens with zero attached hydrogens (tertiary/aromatic N) is 4. The van der Waals surface area contributed by atoms with Gasteiger partial charge >= 0.3 is 6.55 Å². The lowest BCUT2D eigenvalue weighted by Crippen LogP contribution is -2.27. The van der Waals surface area contributed by atoms with E-state index in [0.717, 1.165) is 26.2 Å². The summed E-state index contributed by atoms with van der Waals surface area (Å²) in [5.41, 5.74) is 0.977. The molecule has 0 saturated carbocycles. The second kappa shape index (κ2) is 7.69. The van der Waals surface area contributed by atoms with Crippen LogP contribution in [0.15, 0.2) is 36.7 Å². The zero-order valence-corrected chi connectivity index (χ0v) is 14.5. The lowest BCUT2D eigenvalue weighted by molar-refractivity contribution is -0.130. The summed E-state index contributed by atoms with van der Waals surface area (Å²) in [5.74, 6) is 0.0851. The fraction of sp³-hybridized carbons (Fsp3) is 0.353. The van der Waals surface area contributed by atoms with Crippen molar-refractivity contribution in [2.45, 2.75) is 32.4 Å². The number of alkyl halides is 2. The molecule has 0 aliphatic carbocycles. The largest absolute Gasteiger partial charge is 0.338 e. The predicted molar refractivity (Wildman–Crippen MR) is 92.5 cm³/mol. The first-order valence-electron chi connectivity index (χ1n) is 7.93. The van der Waals surface area contributed by atoms with Gasteiger partial charge in [0.1, 0.15) is 5.82 Å². The highest BCUT2D eigenvalue weighted by molar-refractivity contribution is 7.18. The average molecular weight is 364 g/mol. The van der Waals surface area contributed by atoms with Crippen LogP contribution in [0.5, 0.6) is 0 Å². The molecule has 8 heteroatoms. The standard InChI is InChI=1S/C17H18F2N4OS/c1-22(11-14-20-9-10-23(14)17(18)19)16(24)8-4-7-15-21-12-5-2-3-6-13(12)25-15/h2-3,5-6,9-10,17H,4,7-8,11H2,1H3. The van der Waals surface area contributed by atoms with Crippen LogP contribution in [-0.4, -0.2) is 32.4 Å². The molecule has 0 radical (unpaired) electrons. The number of para-hydroxylation sites is 1. The fourth-order valence-corrected chi connectivity index (χ4v) is 3.56. The number of aryl methyl sites for hydroxylation is 1. The number of fused-ring (bicyclic) bond motifs is 1. The molecule has 3 aromatic rings. The molecule has 2 heterocycles. The summed E-state index contributed by atoms with van der Waals surface area (Å²) < 4.78 is 27.5. The normalized spacial score (nSPS) is 11.4. The van der Waals surface area contributed by atoms with Crippen LogP contribution >= 0.6 is 11.3 Å². The fourth-order valence-electron chi connectivity index (χ4n) is 2.55. The summed E-state index contributed by atoms with van der Waals surface area (Å²) in [5, 5.41) is 1.00. The number of halogens is 2. The van der Waals surface area contributed by atoms with Crippen molar-refractivity contribution in [1.29, 1.82) is 0 Å². The Kier molecular flexibility index (Phi) is 5.37. The first-order chi connectivity index (χ1) is 12.0. The van der Waals surface area contributed by atoms with Crippen molar-refractivity contribution in [2.24, 2.45) is 0 Å². The number of carbonyl (C=O) groups is 1. The van der Waals surface area contributed by atoms with Crippen LogP contribution in [-0.2, 0) is 17.8 Å². The molecule has 0 N–H and O–H groups in total. The lowest BCUT2D eigenvalue weighted by atomic mass is 10.2. The van der Waals surface area contributed by atoms with E-state index in [2.05, 4.69) is 9.97 Å². The molecule has 1 aromatic carbocycles. The molecule has 1 amide bonds. The number of amides is 1. The maximum absolute atomic E-state index is 12.8. The predicted octanol–water partition coefficient (Wildman–Crippen LogP) is 3.87. The molecule has 0 atom stereocenters. The third-order valence-electron chi connectivity index (χ3n) is 3.88. The molecular formula is C17H18F2N4OS. The maximum Gasteiger partial charge on any atom is 0.319 e. The third-order valence-corrected chi connectivity index (χ3v) is 4.98. The minimum atomic E-state index is -2.65. The molecule has 25 heavy (non-hydrogen) atoms. The Morgan fingerprint density at radius 2 is 2.16 bits per heavy atom. The number of rotatable bonds is 7. The average Bonchev–Trinajstić information content (AvgIpc) is 3.20. The van der Waals surface area contributed by atoms with Crippen molar-refractivity contribution in [3.63, 3.8) is 0 Å². The molecule has 5 nitrogen and oxygen atoms in total. The Morgan fingerprint density at radius 3 is 2.92 bits per heavy atom. The number of imidazole rings is 1. The molecule has 0 aliphatic rings. The molecular weight excluding hydrogens is 346 g/mol. The molecule has 0 saturated heterocycles. The molecule has 2 aromatic heterocycles. The van der Waals surface area contributed by atoms with Gasteiger partial charge in [0.15, 0.2) is 0 Å². The number of benzene rings is 1. The van der Waals surface area contributed by atoms with Crippen molar-refractivity contribution < 1.29 is 13.6 Å². The Labute approximate surface area is 147 Å². The number of hydrogen-bond acceptors (Lipinski definition) is 4. The molecule has 0 fully saturated rings. The monoisotopic (exact) mass is 364 g/mol. The summed E-state index contributed by atoms with van der Waals surface area (Å²) in [7, 11) is 1.60. The van der Waals surface area contributed by atoms with Crippen LogP contribution < -0.4 is 0 Å². The Balaban J connectivity index is 1.50. The van der Waals surface area contributed by atoms with E-state index in [1.165, 1.54) is 17.3 Å². The smallest absolute Gasteiger partial charge is 0.319 e. The van der Waals surface area contributed by atoms with Crippen LogP contribution in [0.25, 0.3) is 10.2 Å². The number of carbonyl (C=O) groups excluding carboxylic acids is 1. The van der Waals surface area contributed by atoms with Gasteiger partial charge < -0.3 is 4.90 Å². The zero-order valence-electron chi connectivity index (χ0n) is 13.7. The van der Waals surface area contributed by atoms with Gasteiger partial charge in [0.05, 0.1) is 21.8 Å². The summed E-state index contributed by atoms with van der Waals surface area (Å²) in [6.45, 7) is -2.59. The van der Waals surface area contributed by atoms with E-state index in [9.17, 15) is 13.6 Å². The Bertz CT molecular complexity index is 828. The van der Waals surface area contributed by atoms with Gasteiger partial charge in [-0.2, -0.15) is 8.78 Å². The van der Waals surface area contributed by atoms with E-state index in [0.29, 0.717) is 12.8 Å². The van der Waals surface area contributed by atoms with Gasteiger partial charge in [-0.05, 0) is 25.0 Å². The van der Waals surface area contributed by atoms with Crippen molar-refractivity contribution in [2.75, 3.05) is 7.05 Å². The van der Waals surface area contributed by atoms with Gasteiger partial charge in [0.2, 0.25) is 5.91 Å². The topological polar surface area (TPSA) is 51.0 Å². The maximum atomic E-state index is 12.8. The van der Waals surface area contributed by atoms with Gasteiger partial charge in [-0.15, -0.1) is 11.3 Å². The molecule has 0 unspecified atom stereocenters. The highest BCUT2D eigenvalue weighted by Gasteiger charge is 2.16. The molecule has 0 bridgehead atoms. The minimum Gasteiger partial charge on any atom is -0.338 e. The Hall–Kier alpha value is -2.35. The second-order valence-corrected chi connectivity index (χ2v) is 6.82. The quantitative estimate of drug-likeness (QED) is 0.639. The van der Waals surface area contributed by atoms with Gasteiger partial charge in [0.25, 0.3) is 0 Å². The van der Waals surface area contributed by atoms with E-state index in [4.69, 9.17) is 0 Å². The first-order valence-corrected chi connectivity index (χ1v) is 8.74. The van der Waals surface area contributed by atoms with Gasteiger partial charge in [-0.25, -0.2) is 9.97 Å². The third kappa shape index (κ3) is 4.19. The Morgan fingerprint density at radius 1 is 1.36 bits per heavy atom. The highest BCUT2D eigenvalue weighted by Crippen LogP contribution is 2.23. The summed E-state index contributed by atoms with van der Waals surface area (Å²) >= 11 is 1.63. The van der Waals surface area contributed by atoms with Crippen molar-refractivity contribution in [1.82, 2.24) is 19.4 Å². The molecule has 3 rings (SSSR count). The van der Waals surface area contributed by atoms with E-state index in [1.54, 1.807) is 18.4 Å². The summed E-state index contributed by atoms with van der Waals surface area (Å²) in [6, 6.07) is 7.93. The highest BCUT2D eigenvalue weighted by atomic mass is 32.1. The number of hydrogen-bond donors (Lipinski definition) is 0. The SMILES string of the molecule is CN(Cc1nccn1C(F)F)C(=O)CCCc1nc2ccccc2s1. The van der Waals surface area contributed by atoms with Crippen LogP contribution in [0.3, 0.4) is 0 Å². The van der Waals surface area contributed by atoms with E-state index < -0.39 is 6.55 Å². The minimum absolute atomic E-state index is 0.0668. The number of aromatic nitrogens is 3. The van der Waals surface area contributed by atoms with Crippen LogP contribution in [0.2, 0.25) is 0 Å². The van der Waals surface area contributed by atoms with Crippen LogP contribution in [0.1, 0.15) is 30.2 Å². The van der Waals surface area contributed by atoms with Crippen molar-refractivity contribution >= 4 is 27.5 Å². The summed E-state index contributed by atoms with van der Waals surface area (Å²) in [6.07, 6.45) is 4.27. The van der Waals surface area contributed by atoms with Gasteiger partial charge in [-0.1, -0.05) is 12.1 Å². The summed E-state index contributed by atoms with van der Waals surface area (Å²) in [4.78, 5) is 22.1. The molecule has 132 valence electrons. The van der Waals surface area contributed by atoms with E-state index in [1.807, 2.05) is 24.3 Å². The molecule has 0 aliphatic heterocycles. The second-order valence-electron chi connectivity index (χ2n) is 5.71. The van der Waals surface area contributed by atoms with Crippen LogP contribution in [0, 0.1) is 0 Å². The molecule has 0 spiro atoms. The lowest BCUT2D eigenvalue weighted by Gasteiger charge is -2.17. The van der Waals surface area contributed by atoms with E-state index >= 15 is 0 Å². The van der Waals surface area contributed by atoms with Crippen molar-refractivity contribution in [3.8, 4) is 0 Å². The van der Waals surface area contributed by atoms with Gasteiger partial charge in [-0.3, -0.25) is 9.36 Å². The first kappa shape index (κ1) is 17.5. The van der Waals surface area contributed by atoms with Crippen LogP contribution in [0.4, 0.5) is 8.78 Å². The van der Waals surface area contributed by atoms with Crippen molar-refractivity contribution in [3.05, 3.63) is 47.5 Å². The number of thiazole rings is 1. The van der Waals surface area contributed by atoms with E-state index in [-0.39, 0.29) is 18.3 Å². The zero-order chi connectivity index (χ0) is 17.8. The van der Waals surface area contributed by atoms with Gasteiger partial charge in [0, 0.05) is 25.9 Å².